The lowest BCUT2D eigenvalue weighted by Gasteiger charge is -2.40. The zero-order chi connectivity index (χ0) is 21.7. The number of rotatable bonds is 7. The molecule has 2 aromatic carbocycles. The Kier molecular flexibility index (Phi) is 7.05. The van der Waals surface area contributed by atoms with Gasteiger partial charge >= 0.3 is 0 Å². The van der Waals surface area contributed by atoms with E-state index in [9.17, 15) is 0 Å². The number of hydrogen-bond donors (Lipinski definition) is 1. The molecule has 6 nitrogen and oxygen atoms in total. The van der Waals surface area contributed by atoms with Crippen LogP contribution >= 0.6 is 12.2 Å². The summed E-state index contributed by atoms with van der Waals surface area (Å²) in [5, 5.41) is 3.94. The molecule has 0 spiro atoms. The molecule has 3 rings (SSSR count). The summed E-state index contributed by atoms with van der Waals surface area (Å²) in [4.78, 5) is 2.19. The zero-order valence-corrected chi connectivity index (χ0v) is 18.7. The fourth-order valence-electron chi connectivity index (χ4n) is 3.81. The molecule has 0 saturated heterocycles. The van der Waals surface area contributed by atoms with Crippen molar-refractivity contribution < 1.29 is 18.9 Å². The van der Waals surface area contributed by atoms with Crippen LogP contribution in [0.4, 0.5) is 0 Å². The monoisotopic (exact) mass is 428 g/mol. The van der Waals surface area contributed by atoms with Crippen molar-refractivity contribution >= 4 is 17.3 Å². The third-order valence-electron chi connectivity index (χ3n) is 5.26. The minimum atomic E-state index is -0.113. The van der Waals surface area contributed by atoms with Gasteiger partial charge in [0.15, 0.2) is 28.1 Å². The van der Waals surface area contributed by atoms with E-state index in [1.807, 2.05) is 24.3 Å². The van der Waals surface area contributed by atoms with Crippen LogP contribution in [0.15, 0.2) is 43.0 Å². The van der Waals surface area contributed by atoms with E-state index in [1.54, 1.807) is 34.5 Å². The SMILES string of the molecule is C=CCNC(=S)N1CCc2cc(OC)c(OC)cc2[C@H]1c1ccc(OC)c(OC)c1. The average Bonchev–Trinajstić information content (AvgIpc) is 2.80. The number of fused-ring (bicyclic) bond motifs is 1. The van der Waals surface area contributed by atoms with Gasteiger partial charge in [0.2, 0.25) is 0 Å². The van der Waals surface area contributed by atoms with E-state index in [0.29, 0.717) is 28.9 Å². The molecule has 1 aliphatic rings. The summed E-state index contributed by atoms with van der Waals surface area (Å²) >= 11 is 5.72. The van der Waals surface area contributed by atoms with Crippen molar-refractivity contribution in [3.63, 3.8) is 0 Å². The molecule has 0 fully saturated rings. The van der Waals surface area contributed by atoms with Gasteiger partial charge in [-0.05, 0) is 59.6 Å². The molecule has 30 heavy (non-hydrogen) atoms. The minimum absolute atomic E-state index is 0.113. The van der Waals surface area contributed by atoms with Gasteiger partial charge in [-0.3, -0.25) is 0 Å². The molecule has 1 heterocycles. The van der Waals surface area contributed by atoms with Crippen molar-refractivity contribution in [2.24, 2.45) is 0 Å². The quantitative estimate of drug-likeness (QED) is 0.533. The summed E-state index contributed by atoms with van der Waals surface area (Å²) < 4.78 is 22.1. The number of hydrogen-bond acceptors (Lipinski definition) is 5. The lowest BCUT2D eigenvalue weighted by atomic mass is 9.87. The van der Waals surface area contributed by atoms with Crippen LogP contribution in [0.25, 0.3) is 0 Å². The standard InChI is InChI=1S/C23H28N2O4S/c1-6-10-24-23(30)25-11-9-15-12-20(28-4)21(29-5)14-17(15)22(25)16-7-8-18(26-2)19(13-16)27-3/h6-8,12-14,22H,1,9-11H2,2-5H3,(H,24,30)/t22-/m1/s1. The summed E-state index contributed by atoms with van der Waals surface area (Å²) in [7, 11) is 6.57. The largest absolute Gasteiger partial charge is 0.493 e. The molecule has 0 saturated carbocycles. The summed E-state index contributed by atoms with van der Waals surface area (Å²) in [6, 6.07) is 9.94. The number of thiocarbonyl (C=S) groups is 1. The highest BCUT2D eigenvalue weighted by molar-refractivity contribution is 7.80. The van der Waals surface area contributed by atoms with Crippen molar-refractivity contribution in [1.29, 1.82) is 0 Å². The van der Waals surface area contributed by atoms with E-state index in [1.165, 1.54) is 5.56 Å². The van der Waals surface area contributed by atoms with Crippen molar-refractivity contribution in [3.05, 3.63) is 59.7 Å². The number of methoxy groups -OCH3 is 4. The Hall–Kier alpha value is -2.93. The van der Waals surface area contributed by atoms with Gasteiger partial charge in [-0.1, -0.05) is 12.1 Å². The Morgan fingerprint density at radius 2 is 1.67 bits per heavy atom. The van der Waals surface area contributed by atoms with Crippen LogP contribution in [0.3, 0.4) is 0 Å². The Morgan fingerprint density at radius 3 is 2.30 bits per heavy atom. The first-order valence-corrected chi connectivity index (χ1v) is 10.1. The minimum Gasteiger partial charge on any atom is -0.493 e. The van der Waals surface area contributed by atoms with Crippen LogP contribution in [0.1, 0.15) is 22.7 Å². The van der Waals surface area contributed by atoms with Gasteiger partial charge in [-0.15, -0.1) is 6.58 Å². The first-order chi connectivity index (χ1) is 14.6. The van der Waals surface area contributed by atoms with Gasteiger partial charge in [-0.25, -0.2) is 0 Å². The molecule has 1 atom stereocenters. The maximum Gasteiger partial charge on any atom is 0.169 e. The Labute approximate surface area is 183 Å². The highest BCUT2D eigenvalue weighted by Crippen LogP contribution is 2.42. The maximum absolute atomic E-state index is 5.72. The Balaban J connectivity index is 2.15. The van der Waals surface area contributed by atoms with Crippen LogP contribution < -0.4 is 24.3 Å². The number of nitrogens with one attached hydrogen (secondary N) is 1. The summed E-state index contributed by atoms with van der Waals surface area (Å²) in [6.45, 7) is 5.15. The molecule has 0 bridgehead atoms. The number of nitrogens with zero attached hydrogens (tertiary/aromatic N) is 1. The molecule has 0 unspecified atom stereocenters. The smallest absolute Gasteiger partial charge is 0.169 e. The molecule has 0 aliphatic carbocycles. The third kappa shape index (κ3) is 4.16. The lowest BCUT2D eigenvalue weighted by Crippen LogP contribution is -2.46. The van der Waals surface area contributed by atoms with Crippen molar-refractivity contribution in [2.75, 3.05) is 41.5 Å². The first-order valence-electron chi connectivity index (χ1n) is 9.70. The zero-order valence-electron chi connectivity index (χ0n) is 17.9. The summed E-state index contributed by atoms with van der Waals surface area (Å²) in [5.74, 6) is 2.77. The average molecular weight is 429 g/mol. The van der Waals surface area contributed by atoms with Crippen molar-refractivity contribution in [2.45, 2.75) is 12.5 Å². The van der Waals surface area contributed by atoms with E-state index in [2.05, 4.69) is 22.9 Å². The predicted molar refractivity (Wildman–Crippen MR) is 122 cm³/mol. The van der Waals surface area contributed by atoms with E-state index in [-0.39, 0.29) is 6.04 Å². The Bertz CT molecular complexity index is 932. The van der Waals surface area contributed by atoms with E-state index in [0.717, 1.165) is 29.8 Å². The van der Waals surface area contributed by atoms with Gasteiger partial charge in [0.25, 0.3) is 0 Å². The van der Waals surface area contributed by atoms with Gasteiger partial charge in [0, 0.05) is 13.1 Å². The van der Waals surface area contributed by atoms with E-state index in [4.69, 9.17) is 31.2 Å². The van der Waals surface area contributed by atoms with Gasteiger partial charge in [0.05, 0.1) is 34.5 Å². The predicted octanol–water partition coefficient (Wildman–Crippen LogP) is 3.73. The van der Waals surface area contributed by atoms with Crippen LogP contribution in [-0.4, -0.2) is 51.5 Å². The molecule has 7 heteroatoms. The van der Waals surface area contributed by atoms with Crippen molar-refractivity contribution in [1.82, 2.24) is 10.2 Å². The van der Waals surface area contributed by atoms with Gasteiger partial charge < -0.3 is 29.2 Å². The maximum atomic E-state index is 5.72. The molecule has 0 radical (unpaired) electrons. The van der Waals surface area contributed by atoms with Crippen LogP contribution in [-0.2, 0) is 6.42 Å². The Morgan fingerprint density at radius 1 is 1.03 bits per heavy atom. The summed E-state index contributed by atoms with van der Waals surface area (Å²) in [6.07, 6.45) is 2.64. The second kappa shape index (κ2) is 9.71. The van der Waals surface area contributed by atoms with Crippen LogP contribution in [0.5, 0.6) is 23.0 Å². The molecular weight excluding hydrogens is 400 g/mol. The van der Waals surface area contributed by atoms with Gasteiger partial charge in [0.1, 0.15) is 0 Å². The lowest BCUT2D eigenvalue weighted by molar-refractivity contribution is 0.322. The fourth-order valence-corrected chi connectivity index (χ4v) is 4.09. The molecule has 160 valence electrons. The number of benzene rings is 2. The molecule has 2 aromatic rings. The van der Waals surface area contributed by atoms with Crippen LogP contribution in [0.2, 0.25) is 0 Å². The first kappa shape index (κ1) is 21.8. The topological polar surface area (TPSA) is 52.2 Å². The second-order valence-corrected chi connectivity index (χ2v) is 7.23. The second-order valence-electron chi connectivity index (χ2n) is 6.84. The molecule has 0 aromatic heterocycles. The number of ether oxygens (including phenoxy) is 4. The summed E-state index contributed by atoms with van der Waals surface area (Å²) in [5.41, 5.74) is 3.37. The highest BCUT2D eigenvalue weighted by atomic mass is 32.1. The normalized spacial score (nSPS) is 15.1. The third-order valence-corrected chi connectivity index (χ3v) is 5.63. The molecule has 0 amide bonds. The molecule has 1 aliphatic heterocycles. The van der Waals surface area contributed by atoms with E-state index < -0.39 is 0 Å². The molecular formula is C23H28N2O4S. The van der Waals surface area contributed by atoms with Gasteiger partial charge in [-0.2, -0.15) is 0 Å². The van der Waals surface area contributed by atoms with E-state index >= 15 is 0 Å². The fraction of sp³-hybridized carbons (Fsp3) is 0.348. The molecule has 1 N–H and O–H groups in total. The van der Waals surface area contributed by atoms with Crippen molar-refractivity contribution in [3.8, 4) is 23.0 Å². The van der Waals surface area contributed by atoms with Crippen LogP contribution in [0, 0.1) is 0 Å². The highest BCUT2D eigenvalue weighted by Gasteiger charge is 2.32.